The van der Waals surface area contributed by atoms with Gasteiger partial charge in [0.25, 0.3) is 0 Å². The van der Waals surface area contributed by atoms with E-state index in [0.29, 0.717) is 5.95 Å². The van der Waals surface area contributed by atoms with Gasteiger partial charge >= 0.3 is 0 Å². The molecule has 0 atom stereocenters. The van der Waals surface area contributed by atoms with Gasteiger partial charge in [0.2, 0.25) is 0 Å². The van der Waals surface area contributed by atoms with Crippen LogP contribution in [0, 0.1) is 0 Å². The third-order valence-corrected chi connectivity index (χ3v) is 3.08. The average Bonchev–Trinajstić information content (AvgIpc) is 3.00. The Morgan fingerprint density at radius 1 is 1.24 bits per heavy atom. The molecule has 3 rings (SSSR count). The van der Waals surface area contributed by atoms with Crippen molar-refractivity contribution in [2.75, 3.05) is 23.7 Å². The molecular formula is C12H15N5. The maximum atomic E-state index is 5.62. The van der Waals surface area contributed by atoms with E-state index in [2.05, 4.69) is 19.9 Å². The van der Waals surface area contributed by atoms with Crippen molar-refractivity contribution in [3.05, 3.63) is 24.5 Å². The molecule has 1 fully saturated rings. The zero-order chi connectivity index (χ0) is 11.7. The van der Waals surface area contributed by atoms with Gasteiger partial charge in [-0.3, -0.25) is 0 Å². The van der Waals surface area contributed by atoms with E-state index in [1.54, 1.807) is 6.20 Å². The van der Waals surface area contributed by atoms with Crippen LogP contribution in [-0.2, 0) is 0 Å². The van der Waals surface area contributed by atoms with Crippen molar-refractivity contribution >= 4 is 11.8 Å². The molecule has 17 heavy (non-hydrogen) atoms. The largest absolute Gasteiger partial charge is 0.369 e. The Morgan fingerprint density at radius 2 is 2.06 bits per heavy atom. The molecule has 0 aromatic carbocycles. The molecule has 0 spiro atoms. The molecule has 5 heteroatoms. The highest BCUT2D eigenvalue weighted by molar-refractivity contribution is 5.73. The van der Waals surface area contributed by atoms with E-state index in [4.69, 9.17) is 5.73 Å². The van der Waals surface area contributed by atoms with Gasteiger partial charge in [0.15, 0.2) is 5.95 Å². The number of pyridine rings is 1. The molecule has 3 N–H and O–H groups in total. The minimum absolute atomic E-state index is 0.441. The first-order valence-corrected chi connectivity index (χ1v) is 5.85. The standard InChI is InChI=1S/C12H15N5/c13-12-15-8-10(16-12)9-4-3-5-14-11(9)17-6-1-2-7-17/h3-5,8H,1-2,6-7H2,(H3,13,15,16). The van der Waals surface area contributed by atoms with E-state index in [0.717, 1.165) is 30.2 Å². The maximum absolute atomic E-state index is 5.62. The second-order valence-electron chi connectivity index (χ2n) is 4.25. The first kappa shape index (κ1) is 10.1. The predicted molar refractivity (Wildman–Crippen MR) is 67.7 cm³/mol. The van der Waals surface area contributed by atoms with Gasteiger partial charge in [-0.15, -0.1) is 0 Å². The number of aromatic amines is 1. The number of anilines is 2. The van der Waals surface area contributed by atoms with E-state index in [1.807, 2.05) is 18.3 Å². The van der Waals surface area contributed by atoms with E-state index < -0.39 is 0 Å². The predicted octanol–water partition coefficient (Wildman–Crippen LogP) is 1.65. The SMILES string of the molecule is Nc1ncc(-c2cccnc2N2CCCC2)[nH]1. The second kappa shape index (κ2) is 4.08. The van der Waals surface area contributed by atoms with Crippen molar-refractivity contribution in [3.63, 3.8) is 0 Å². The minimum atomic E-state index is 0.441. The van der Waals surface area contributed by atoms with Crippen molar-refractivity contribution in [2.24, 2.45) is 0 Å². The number of imidazole rings is 1. The Morgan fingerprint density at radius 3 is 2.76 bits per heavy atom. The normalized spacial score (nSPS) is 15.4. The first-order valence-electron chi connectivity index (χ1n) is 5.85. The topological polar surface area (TPSA) is 70.8 Å². The van der Waals surface area contributed by atoms with Gasteiger partial charge in [-0.05, 0) is 25.0 Å². The molecule has 0 saturated carbocycles. The van der Waals surface area contributed by atoms with Crippen molar-refractivity contribution in [1.82, 2.24) is 15.0 Å². The Hall–Kier alpha value is -2.04. The number of aromatic nitrogens is 3. The number of hydrogen-bond acceptors (Lipinski definition) is 4. The molecule has 0 unspecified atom stereocenters. The molecular weight excluding hydrogens is 214 g/mol. The van der Waals surface area contributed by atoms with Crippen LogP contribution >= 0.6 is 0 Å². The van der Waals surface area contributed by atoms with Crippen molar-refractivity contribution in [1.29, 1.82) is 0 Å². The number of H-pyrrole nitrogens is 1. The van der Waals surface area contributed by atoms with Crippen LogP contribution in [0.25, 0.3) is 11.3 Å². The summed E-state index contributed by atoms with van der Waals surface area (Å²) in [7, 11) is 0. The van der Waals surface area contributed by atoms with Crippen molar-refractivity contribution in [2.45, 2.75) is 12.8 Å². The summed E-state index contributed by atoms with van der Waals surface area (Å²) in [4.78, 5) is 13.9. The molecule has 88 valence electrons. The molecule has 0 amide bonds. The van der Waals surface area contributed by atoms with Crippen LogP contribution in [0.2, 0.25) is 0 Å². The smallest absolute Gasteiger partial charge is 0.197 e. The van der Waals surface area contributed by atoms with Crippen LogP contribution in [-0.4, -0.2) is 28.0 Å². The highest BCUT2D eigenvalue weighted by Crippen LogP contribution is 2.29. The lowest BCUT2D eigenvalue weighted by Crippen LogP contribution is -2.19. The molecule has 5 nitrogen and oxygen atoms in total. The van der Waals surface area contributed by atoms with Crippen LogP contribution in [0.4, 0.5) is 11.8 Å². The molecule has 1 aliphatic heterocycles. The fraction of sp³-hybridized carbons (Fsp3) is 0.333. The summed E-state index contributed by atoms with van der Waals surface area (Å²) in [5.74, 6) is 1.46. The van der Waals surface area contributed by atoms with Crippen LogP contribution in [0.5, 0.6) is 0 Å². The number of nitrogen functional groups attached to an aromatic ring is 1. The van der Waals surface area contributed by atoms with Crippen molar-refractivity contribution < 1.29 is 0 Å². The van der Waals surface area contributed by atoms with E-state index in [1.165, 1.54) is 12.8 Å². The summed E-state index contributed by atoms with van der Waals surface area (Å²) in [5, 5.41) is 0. The van der Waals surface area contributed by atoms with Gasteiger partial charge in [-0.1, -0.05) is 0 Å². The Labute approximate surface area is 99.7 Å². The Balaban J connectivity index is 2.03. The lowest BCUT2D eigenvalue weighted by Gasteiger charge is -2.18. The number of nitrogens with two attached hydrogens (primary N) is 1. The van der Waals surface area contributed by atoms with Gasteiger partial charge in [-0.2, -0.15) is 0 Å². The van der Waals surface area contributed by atoms with Gasteiger partial charge in [0.05, 0.1) is 11.9 Å². The van der Waals surface area contributed by atoms with Crippen LogP contribution in [0.3, 0.4) is 0 Å². The quantitative estimate of drug-likeness (QED) is 0.821. The Bertz CT molecular complexity index is 513. The summed E-state index contributed by atoms with van der Waals surface area (Å²) >= 11 is 0. The number of hydrogen-bond donors (Lipinski definition) is 2. The fourth-order valence-electron chi connectivity index (χ4n) is 2.26. The van der Waals surface area contributed by atoms with Gasteiger partial charge < -0.3 is 15.6 Å². The summed E-state index contributed by atoms with van der Waals surface area (Å²) in [6.07, 6.45) is 6.06. The third-order valence-electron chi connectivity index (χ3n) is 3.08. The molecule has 1 saturated heterocycles. The van der Waals surface area contributed by atoms with E-state index in [9.17, 15) is 0 Å². The monoisotopic (exact) mass is 229 g/mol. The number of rotatable bonds is 2. The molecule has 3 heterocycles. The second-order valence-corrected chi connectivity index (χ2v) is 4.25. The molecule has 2 aromatic rings. The van der Waals surface area contributed by atoms with E-state index in [-0.39, 0.29) is 0 Å². The van der Waals surface area contributed by atoms with E-state index >= 15 is 0 Å². The average molecular weight is 229 g/mol. The zero-order valence-electron chi connectivity index (χ0n) is 9.56. The Kier molecular flexibility index (Phi) is 2.44. The van der Waals surface area contributed by atoms with Crippen LogP contribution in [0.15, 0.2) is 24.5 Å². The summed E-state index contributed by atoms with van der Waals surface area (Å²) in [5.41, 5.74) is 7.62. The third kappa shape index (κ3) is 1.84. The summed E-state index contributed by atoms with van der Waals surface area (Å²) in [6.45, 7) is 2.15. The molecule has 1 aliphatic rings. The van der Waals surface area contributed by atoms with Gasteiger partial charge in [0.1, 0.15) is 5.82 Å². The minimum Gasteiger partial charge on any atom is -0.369 e. The first-order chi connectivity index (χ1) is 8.34. The maximum Gasteiger partial charge on any atom is 0.197 e. The zero-order valence-corrected chi connectivity index (χ0v) is 9.56. The highest BCUT2D eigenvalue weighted by atomic mass is 15.2. The van der Waals surface area contributed by atoms with Crippen molar-refractivity contribution in [3.8, 4) is 11.3 Å². The summed E-state index contributed by atoms with van der Waals surface area (Å²) < 4.78 is 0. The fourth-order valence-corrected chi connectivity index (χ4v) is 2.26. The van der Waals surface area contributed by atoms with Gasteiger partial charge in [-0.25, -0.2) is 9.97 Å². The lowest BCUT2D eigenvalue weighted by atomic mass is 10.2. The van der Waals surface area contributed by atoms with Gasteiger partial charge in [0, 0.05) is 24.8 Å². The molecule has 0 aliphatic carbocycles. The highest BCUT2D eigenvalue weighted by Gasteiger charge is 2.18. The molecule has 2 aromatic heterocycles. The number of nitrogens with zero attached hydrogens (tertiary/aromatic N) is 3. The molecule has 0 bridgehead atoms. The molecule has 0 radical (unpaired) electrons. The van der Waals surface area contributed by atoms with Crippen LogP contribution < -0.4 is 10.6 Å². The van der Waals surface area contributed by atoms with Crippen LogP contribution in [0.1, 0.15) is 12.8 Å². The number of nitrogens with one attached hydrogen (secondary N) is 1. The lowest BCUT2D eigenvalue weighted by molar-refractivity contribution is 0.938. The summed E-state index contributed by atoms with van der Waals surface area (Å²) in [6, 6.07) is 3.99.